The SMILES string of the molecule is CC(C)Nc1ncc(-c2cc(N)cc(C(F)(F)F)c2)n(CC(=O)NCc2ccc(-c3nsc(=O)[nH]3)cc2)c1=O. The summed E-state index contributed by atoms with van der Waals surface area (Å²) in [6.07, 6.45) is -3.43. The van der Waals surface area contributed by atoms with Crippen LogP contribution in [-0.2, 0) is 24.1 Å². The molecule has 0 aliphatic carbocycles. The van der Waals surface area contributed by atoms with Crippen molar-refractivity contribution in [2.75, 3.05) is 11.1 Å². The molecule has 0 aliphatic heterocycles. The summed E-state index contributed by atoms with van der Waals surface area (Å²) in [5.41, 5.74) is 5.33. The first-order valence-electron chi connectivity index (χ1n) is 11.7. The van der Waals surface area contributed by atoms with E-state index in [4.69, 9.17) is 5.73 Å². The Balaban J connectivity index is 1.59. The summed E-state index contributed by atoms with van der Waals surface area (Å²) >= 11 is 0.808. The Morgan fingerprint density at radius 3 is 2.46 bits per heavy atom. The highest BCUT2D eigenvalue weighted by molar-refractivity contribution is 7.03. The Morgan fingerprint density at radius 1 is 1.13 bits per heavy atom. The monoisotopic (exact) mass is 559 g/mol. The van der Waals surface area contributed by atoms with Crippen LogP contribution in [-0.4, -0.2) is 30.9 Å². The number of hydrogen-bond acceptors (Lipinski definition) is 8. The van der Waals surface area contributed by atoms with E-state index < -0.39 is 29.8 Å². The molecule has 0 unspecified atom stereocenters. The Bertz CT molecular complexity index is 1610. The van der Waals surface area contributed by atoms with Crippen molar-refractivity contribution in [2.45, 2.75) is 39.2 Å². The van der Waals surface area contributed by atoms with Crippen LogP contribution in [0.15, 0.2) is 58.3 Å². The number of aromatic nitrogens is 4. The highest BCUT2D eigenvalue weighted by Gasteiger charge is 2.31. The summed E-state index contributed by atoms with van der Waals surface area (Å²) in [6.45, 7) is 3.22. The molecular weight excluding hydrogens is 535 g/mol. The summed E-state index contributed by atoms with van der Waals surface area (Å²) in [5, 5.41) is 5.59. The molecule has 204 valence electrons. The van der Waals surface area contributed by atoms with Crippen molar-refractivity contribution in [3.63, 3.8) is 0 Å². The Kier molecular flexibility index (Phi) is 7.85. The van der Waals surface area contributed by atoms with E-state index in [0.717, 1.165) is 33.8 Å². The molecule has 0 atom stereocenters. The lowest BCUT2D eigenvalue weighted by Gasteiger charge is -2.17. The van der Waals surface area contributed by atoms with Gasteiger partial charge in [-0.2, -0.15) is 17.5 Å². The van der Waals surface area contributed by atoms with Crippen LogP contribution in [0.4, 0.5) is 24.7 Å². The molecule has 39 heavy (non-hydrogen) atoms. The van der Waals surface area contributed by atoms with E-state index in [2.05, 4.69) is 25.0 Å². The second-order valence-corrected chi connectivity index (χ2v) is 9.68. The molecule has 4 aromatic rings. The summed E-state index contributed by atoms with van der Waals surface area (Å²) in [6, 6.07) is 9.73. The molecule has 2 aromatic heterocycles. The lowest BCUT2D eigenvalue weighted by Crippen LogP contribution is -2.35. The van der Waals surface area contributed by atoms with Gasteiger partial charge in [0.05, 0.1) is 17.5 Å². The standard InChI is InChI=1S/C25H24F3N7O3S/c1-13(2)32-22-23(37)35(19(11-31-22)16-7-17(25(26,27)28)9-18(29)8-16)12-20(36)30-10-14-3-5-15(6-4-14)21-33-24(38)39-34-21/h3-9,11,13H,10,12,29H2,1-2H3,(H,30,36)(H,31,32)(H,33,34,38). The van der Waals surface area contributed by atoms with E-state index >= 15 is 0 Å². The average Bonchev–Trinajstić information content (AvgIpc) is 3.30. The summed E-state index contributed by atoms with van der Waals surface area (Å²) in [7, 11) is 0. The molecule has 0 aliphatic rings. The van der Waals surface area contributed by atoms with Gasteiger partial charge < -0.3 is 16.4 Å². The van der Waals surface area contributed by atoms with Crippen molar-refractivity contribution in [1.82, 2.24) is 24.2 Å². The molecule has 0 radical (unpaired) electrons. The van der Waals surface area contributed by atoms with Gasteiger partial charge in [0.25, 0.3) is 5.56 Å². The third-order valence-corrected chi connectivity index (χ3v) is 6.06. The number of halogens is 3. The molecule has 5 N–H and O–H groups in total. The molecule has 0 saturated carbocycles. The van der Waals surface area contributed by atoms with Crippen molar-refractivity contribution in [3.8, 4) is 22.6 Å². The topological polar surface area (TPSA) is 148 Å². The molecule has 10 nitrogen and oxygen atoms in total. The Hall–Kier alpha value is -4.46. The van der Waals surface area contributed by atoms with Gasteiger partial charge in [0.2, 0.25) is 5.91 Å². The van der Waals surface area contributed by atoms with Gasteiger partial charge in [0.1, 0.15) is 6.54 Å². The van der Waals surface area contributed by atoms with Crippen LogP contribution in [0, 0.1) is 0 Å². The lowest BCUT2D eigenvalue weighted by molar-refractivity contribution is -0.137. The Morgan fingerprint density at radius 2 is 1.85 bits per heavy atom. The van der Waals surface area contributed by atoms with Crippen molar-refractivity contribution in [1.29, 1.82) is 0 Å². The van der Waals surface area contributed by atoms with Crippen LogP contribution < -0.4 is 26.8 Å². The predicted molar refractivity (Wildman–Crippen MR) is 142 cm³/mol. The number of amides is 1. The minimum atomic E-state index is -4.66. The van der Waals surface area contributed by atoms with Crippen molar-refractivity contribution in [3.05, 3.63) is 79.8 Å². The number of alkyl halides is 3. The number of rotatable bonds is 8. The molecule has 0 fully saturated rings. The third-order valence-electron chi connectivity index (χ3n) is 5.52. The highest BCUT2D eigenvalue weighted by Crippen LogP contribution is 2.34. The average molecular weight is 560 g/mol. The van der Waals surface area contributed by atoms with Gasteiger partial charge in [-0.15, -0.1) is 0 Å². The molecule has 14 heteroatoms. The van der Waals surface area contributed by atoms with Gasteiger partial charge >= 0.3 is 11.0 Å². The van der Waals surface area contributed by atoms with Crippen molar-refractivity contribution < 1.29 is 18.0 Å². The van der Waals surface area contributed by atoms with E-state index in [0.29, 0.717) is 11.4 Å². The predicted octanol–water partition coefficient (Wildman–Crippen LogP) is 3.46. The van der Waals surface area contributed by atoms with E-state index in [9.17, 15) is 27.6 Å². The number of nitrogen functional groups attached to an aromatic ring is 1. The number of benzene rings is 2. The van der Waals surface area contributed by atoms with Gasteiger partial charge in [-0.3, -0.25) is 23.9 Å². The first-order valence-corrected chi connectivity index (χ1v) is 12.4. The van der Waals surface area contributed by atoms with Crippen LogP contribution in [0.2, 0.25) is 0 Å². The molecule has 2 heterocycles. The Labute approximate surface area is 223 Å². The second-order valence-electron chi connectivity index (χ2n) is 8.94. The molecule has 1 amide bonds. The van der Waals surface area contributed by atoms with E-state index in [1.54, 1.807) is 38.1 Å². The molecular formula is C25H24F3N7O3S. The van der Waals surface area contributed by atoms with E-state index in [-0.39, 0.29) is 40.2 Å². The summed E-state index contributed by atoms with van der Waals surface area (Å²) < 4.78 is 45.3. The number of nitrogens with zero attached hydrogens (tertiary/aromatic N) is 3. The van der Waals surface area contributed by atoms with E-state index in [1.165, 1.54) is 12.3 Å². The van der Waals surface area contributed by atoms with Gasteiger partial charge in [-0.25, -0.2) is 4.98 Å². The van der Waals surface area contributed by atoms with Gasteiger partial charge in [-0.1, -0.05) is 24.3 Å². The molecule has 4 rings (SSSR count). The maximum Gasteiger partial charge on any atom is 0.416 e. The highest BCUT2D eigenvalue weighted by atomic mass is 32.1. The minimum absolute atomic E-state index is 0.00358. The van der Waals surface area contributed by atoms with Crippen molar-refractivity contribution >= 4 is 28.9 Å². The smallest absolute Gasteiger partial charge is 0.399 e. The summed E-state index contributed by atoms with van der Waals surface area (Å²) in [4.78, 5) is 43.8. The maximum atomic E-state index is 13.4. The maximum absolute atomic E-state index is 13.4. The zero-order chi connectivity index (χ0) is 28.3. The number of nitrogens with two attached hydrogens (primary N) is 1. The second kappa shape index (κ2) is 11.1. The van der Waals surface area contributed by atoms with Gasteiger partial charge in [0.15, 0.2) is 11.6 Å². The fourth-order valence-corrected chi connectivity index (χ4v) is 4.21. The normalized spacial score (nSPS) is 11.5. The number of H-pyrrole nitrogens is 1. The molecule has 0 bridgehead atoms. The van der Waals surface area contributed by atoms with Crippen LogP contribution in [0.5, 0.6) is 0 Å². The van der Waals surface area contributed by atoms with Crippen LogP contribution in [0.3, 0.4) is 0 Å². The first kappa shape index (κ1) is 27.6. The largest absolute Gasteiger partial charge is 0.416 e. The molecule has 2 aromatic carbocycles. The first-order chi connectivity index (χ1) is 18.4. The summed E-state index contributed by atoms with van der Waals surface area (Å²) in [5.74, 6) is -0.156. The van der Waals surface area contributed by atoms with Crippen LogP contribution in [0.1, 0.15) is 25.0 Å². The number of carbonyl (C=O) groups excluding carboxylic acids is 1. The lowest BCUT2D eigenvalue weighted by atomic mass is 10.1. The van der Waals surface area contributed by atoms with Crippen LogP contribution in [0.25, 0.3) is 22.6 Å². The zero-order valence-corrected chi connectivity index (χ0v) is 21.6. The number of nitrogens with one attached hydrogen (secondary N) is 3. The van der Waals surface area contributed by atoms with Gasteiger partial charge in [0, 0.05) is 40.9 Å². The zero-order valence-electron chi connectivity index (χ0n) is 20.8. The van der Waals surface area contributed by atoms with Crippen LogP contribution >= 0.6 is 11.5 Å². The molecule has 0 saturated heterocycles. The van der Waals surface area contributed by atoms with E-state index in [1.807, 2.05) is 0 Å². The number of hydrogen-bond donors (Lipinski definition) is 4. The van der Waals surface area contributed by atoms with Gasteiger partial charge in [-0.05, 0) is 37.6 Å². The number of anilines is 2. The minimum Gasteiger partial charge on any atom is -0.399 e. The fourth-order valence-electron chi connectivity index (χ4n) is 3.75. The number of aromatic amines is 1. The quantitative estimate of drug-likeness (QED) is 0.242. The fraction of sp³-hybridized carbons (Fsp3) is 0.240. The third kappa shape index (κ3) is 6.71. The van der Waals surface area contributed by atoms with Crippen molar-refractivity contribution in [2.24, 2.45) is 0 Å². The molecule has 0 spiro atoms. The number of carbonyl (C=O) groups is 1.